The van der Waals surface area contributed by atoms with Crippen LogP contribution in [0.5, 0.6) is 5.75 Å². The summed E-state index contributed by atoms with van der Waals surface area (Å²) in [5.74, 6) is -0.585. The smallest absolute Gasteiger partial charge is 0.258 e. The van der Waals surface area contributed by atoms with Gasteiger partial charge in [-0.2, -0.15) is 0 Å². The van der Waals surface area contributed by atoms with Crippen molar-refractivity contribution in [1.29, 1.82) is 0 Å². The zero-order chi connectivity index (χ0) is 15.0. The number of hydrogen-bond acceptors (Lipinski definition) is 3. The summed E-state index contributed by atoms with van der Waals surface area (Å²) < 4.78 is 18.4. The molecule has 4 nitrogen and oxygen atoms in total. The normalized spacial score (nSPS) is 13.1. The minimum atomic E-state index is -0.483. The third-order valence-electron chi connectivity index (χ3n) is 3.64. The molecule has 1 aliphatic rings. The average molecular weight is 286 g/mol. The van der Waals surface area contributed by atoms with Crippen molar-refractivity contribution in [2.24, 2.45) is 0 Å². The Morgan fingerprint density at radius 2 is 2.10 bits per heavy atom. The fourth-order valence-corrected chi connectivity index (χ4v) is 2.58. The minimum absolute atomic E-state index is 0.0672. The molecule has 0 spiro atoms. The Morgan fingerprint density at radius 1 is 1.29 bits per heavy atom. The summed E-state index contributed by atoms with van der Waals surface area (Å²) in [6.07, 6.45) is 0.768. The van der Waals surface area contributed by atoms with Gasteiger partial charge in [0, 0.05) is 23.5 Å². The maximum absolute atomic E-state index is 13.4. The van der Waals surface area contributed by atoms with E-state index in [2.05, 4.69) is 0 Å². The highest BCUT2D eigenvalue weighted by molar-refractivity contribution is 6.07. The summed E-state index contributed by atoms with van der Waals surface area (Å²) in [6, 6.07) is 9.63. The number of fused-ring (bicyclic) bond motifs is 1. The van der Waals surface area contributed by atoms with Crippen LogP contribution in [0.15, 0.2) is 36.4 Å². The van der Waals surface area contributed by atoms with Gasteiger partial charge in [-0.25, -0.2) is 4.39 Å². The summed E-state index contributed by atoms with van der Waals surface area (Å²) in [5, 5.41) is 0. The highest BCUT2D eigenvalue weighted by Crippen LogP contribution is 2.31. The van der Waals surface area contributed by atoms with E-state index in [0.29, 0.717) is 17.8 Å². The highest BCUT2D eigenvalue weighted by Gasteiger charge is 2.26. The van der Waals surface area contributed by atoms with Gasteiger partial charge in [-0.3, -0.25) is 4.79 Å². The molecule has 0 unspecified atom stereocenters. The molecule has 0 aliphatic carbocycles. The second-order valence-electron chi connectivity index (χ2n) is 4.94. The zero-order valence-corrected chi connectivity index (χ0v) is 11.6. The maximum atomic E-state index is 13.4. The average Bonchev–Trinajstić information content (AvgIpc) is 2.89. The third kappa shape index (κ3) is 2.31. The Bertz CT molecular complexity index is 715. The number of nitrogens with two attached hydrogens (primary N) is 1. The lowest BCUT2D eigenvalue weighted by Gasteiger charge is -2.18. The van der Waals surface area contributed by atoms with Crippen molar-refractivity contribution in [2.45, 2.75) is 6.42 Å². The molecule has 0 saturated carbocycles. The van der Waals surface area contributed by atoms with Gasteiger partial charge < -0.3 is 15.4 Å². The summed E-state index contributed by atoms with van der Waals surface area (Å²) in [6.45, 7) is 0.595. The summed E-state index contributed by atoms with van der Waals surface area (Å²) in [4.78, 5) is 14.3. The Labute approximate surface area is 121 Å². The number of anilines is 2. The monoisotopic (exact) mass is 286 g/mol. The number of methoxy groups -OCH3 is 1. The van der Waals surface area contributed by atoms with Crippen LogP contribution in [-0.2, 0) is 6.42 Å². The number of carbonyl (C=O) groups excluding carboxylic acids is 1. The number of carbonyl (C=O) groups is 1. The Kier molecular flexibility index (Phi) is 3.25. The first-order chi connectivity index (χ1) is 10.1. The molecule has 1 aliphatic heterocycles. The first kappa shape index (κ1) is 13.4. The van der Waals surface area contributed by atoms with Crippen LogP contribution in [0.1, 0.15) is 15.9 Å². The molecule has 21 heavy (non-hydrogen) atoms. The van der Waals surface area contributed by atoms with E-state index in [4.69, 9.17) is 10.5 Å². The lowest BCUT2D eigenvalue weighted by Crippen LogP contribution is -2.28. The minimum Gasteiger partial charge on any atom is -0.494 e. The van der Waals surface area contributed by atoms with Crippen molar-refractivity contribution in [3.63, 3.8) is 0 Å². The molecule has 0 fully saturated rings. The van der Waals surface area contributed by atoms with Crippen LogP contribution in [-0.4, -0.2) is 19.6 Å². The molecule has 0 bridgehead atoms. The van der Waals surface area contributed by atoms with Crippen LogP contribution < -0.4 is 15.4 Å². The number of nitrogen functional groups attached to an aromatic ring is 1. The molecular weight excluding hydrogens is 271 g/mol. The Morgan fingerprint density at radius 3 is 2.86 bits per heavy atom. The van der Waals surface area contributed by atoms with E-state index < -0.39 is 5.82 Å². The Hall–Kier alpha value is -2.56. The lowest BCUT2D eigenvalue weighted by molar-refractivity contribution is 0.0989. The number of ether oxygens (including phenoxy) is 1. The molecule has 1 heterocycles. The number of nitrogens with zero attached hydrogens (tertiary/aromatic N) is 1. The van der Waals surface area contributed by atoms with Gasteiger partial charge in [0.1, 0.15) is 0 Å². The second kappa shape index (κ2) is 5.09. The van der Waals surface area contributed by atoms with Crippen LogP contribution in [0, 0.1) is 5.82 Å². The van der Waals surface area contributed by atoms with Gasteiger partial charge in [-0.1, -0.05) is 0 Å². The number of rotatable bonds is 2. The quantitative estimate of drug-likeness (QED) is 0.863. The largest absolute Gasteiger partial charge is 0.494 e. The molecule has 5 heteroatoms. The van der Waals surface area contributed by atoms with Crippen molar-refractivity contribution in [1.82, 2.24) is 0 Å². The van der Waals surface area contributed by atoms with E-state index in [9.17, 15) is 9.18 Å². The van der Waals surface area contributed by atoms with Gasteiger partial charge >= 0.3 is 0 Å². The first-order valence-corrected chi connectivity index (χ1v) is 6.64. The number of benzene rings is 2. The van der Waals surface area contributed by atoms with Gasteiger partial charge in [-0.05, 0) is 48.4 Å². The highest BCUT2D eigenvalue weighted by atomic mass is 19.1. The summed E-state index contributed by atoms with van der Waals surface area (Å²) in [7, 11) is 1.38. The summed E-state index contributed by atoms with van der Waals surface area (Å²) in [5.41, 5.74) is 8.76. The number of halogens is 1. The van der Waals surface area contributed by atoms with Gasteiger partial charge in [0.2, 0.25) is 0 Å². The molecule has 3 rings (SSSR count). The van der Waals surface area contributed by atoms with Crippen molar-refractivity contribution in [3.05, 3.63) is 53.3 Å². The molecule has 0 aromatic heterocycles. The molecule has 0 saturated heterocycles. The van der Waals surface area contributed by atoms with Crippen molar-refractivity contribution in [2.75, 3.05) is 24.3 Å². The first-order valence-electron chi connectivity index (χ1n) is 6.64. The standard InChI is InChI=1S/C16H15FN2O2/c1-21-15-9-11(2-4-13(15)17)16(20)19-7-6-10-8-12(18)3-5-14(10)19/h2-5,8-9H,6-7,18H2,1H3. The SMILES string of the molecule is COc1cc(C(=O)N2CCc3cc(N)ccc32)ccc1F. The lowest BCUT2D eigenvalue weighted by atomic mass is 10.1. The van der Waals surface area contributed by atoms with Crippen LogP contribution in [0.4, 0.5) is 15.8 Å². The van der Waals surface area contributed by atoms with Crippen molar-refractivity contribution >= 4 is 17.3 Å². The van der Waals surface area contributed by atoms with Crippen LogP contribution in [0.2, 0.25) is 0 Å². The van der Waals surface area contributed by atoms with Gasteiger partial charge in [0.15, 0.2) is 11.6 Å². The summed E-state index contributed by atoms with van der Waals surface area (Å²) >= 11 is 0. The number of amides is 1. The molecule has 108 valence electrons. The van der Waals surface area contributed by atoms with Crippen molar-refractivity contribution < 1.29 is 13.9 Å². The second-order valence-corrected chi connectivity index (χ2v) is 4.94. The third-order valence-corrected chi connectivity index (χ3v) is 3.64. The van der Waals surface area contributed by atoms with Crippen LogP contribution in [0.3, 0.4) is 0 Å². The van der Waals surface area contributed by atoms with Crippen LogP contribution in [0.25, 0.3) is 0 Å². The van der Waals surface area contributed by atoms with E-state index in [1.165, 1.54) is 25.3 Å². The zero-order valence-electron chi connectivity index (χ0n) is 11.6. The molecule has 0 radical (unpaired) electrons. The predicted molar refractivity (Wildman–Crippen MR) is 79.2 cm³/mol. The van der Waals surface area contributed by atoms with E-state index in [1.54, 1.807) is 11.0 Å². The molecular formula is C16H15FN2O2. The maximum Gasteiger partial charge on any atom is 0.258 e. The van der Waals surface area contributed by atoms with E-state index >= 15 is 0 Å². The fraction of sp³-hybridized carbons (Fsp3) is 0.188. The van der Waals surface area contributed by atoms with Gasteiger partial charge in [0.05, 0.1) is 7.11 Å². The van der Waals surface area contributed by atoms with Crippen molar-refractivity contribution in [3.8, 4) is 5.75 Å². The molecule has 2 aromatic rings. The molecule has 1 amide bonds. The number of hydrogen-bond donors (Lipinski definition) is 1. The van der Waals surface area contributed by atoms with Gasteiger partial charge in [0.25, 0.3) is 5.91 Å². The Balaban J connectivity index is 1.94. The predicted octanol–water partition coefficient (Wildman–Crippen LogP) is 2.62. The topological polar surface area (TPSA) is 55.6 Å². The molecule has 2 N–H and O–H groups in total. The fourth-order valence-electron chi connectivity index (χ4n) is 2.58. The molecule has 0 atom stereocenters. The van der Waals surface area contributed by atoms with Gasteiger partial charge in [-0.15, -0.1) is 0 Å². The van der Waals surface area contributed by atoms with E-state index in [-0.39, 0.29) is 11.7 Å². The molecule has 2 aromatic carbocycles. The van der Waals surface area contributed by atoms with E-state index in [0.717, 1.165) is 17.7 Å². The van der Waals surface area contributed by atoms with E-state index in [1.807, 2.05) is 12.1 Å². The van der Waals surface area contributed by atoms with Crippen LogP contribution >= 0.6 is 0 Å².